The van der Waals surface area contributed by atoms with Crippen molar-refractivity contribution in [3.8, 4) is 0 Å². The first kappa shape index (κ1) is 17.5. The van der Waals surface area contributed by atoms with Gasteiger partial charge in [-0.25, -0.2) is 4.79 Å². The molecule has 0 radical (unpaired) electrons. The molecule has 6 heteroatoms. The molecule has 0 bridgehead atoms. The minimum atomic E-state index is -1.01. The van der Waals surface area contributed by atoms with Crippen molar-refractivity contribution >= 4 is 17.8 Å². The molecule has 4 amide bonds. The van der Waals surface area contributed by atoms with Gasteiger partial charge >= 0.3 is 6.03 Å². The molecule has 1 aliphatic heterocycles. The van der Waals surface area contributed by atoms with Crippen molar-refractivity contribution in [3.05, 3.63) is 35.4 Å². The Morgan fingerprint density at radius 3 is 2.72 bits per heavy atom. The summed E-state index contributed by atoms with van der Waals surface area (Å²) in [6, 6.07) is 7.31. The van der Waals surface area contributed by atoms with E-state index in [1.54, 1.807) is 0 Å². The maximum Gasteiger partial charge on any atom is 0.325 e. The number of hydrogen-bond acceptors (Lipinski definition) is 3. The molecular weight excluding hydrogens is 318 g/mol. The predicted octanol–water partition coefficient (Wildman–Crippen LogP) is 2.07. The highest BCUT2D eigenvalue weighted by Crippen LogP contribution is 2.39. The Morgan fingerprint density at radius 1 is 1.28 bits per heavy atom. The van der Waals surface area contributed by atoms with Crippen molar-refractivity contribution in [1.29, 1.82) is 0 Å². The summed E-state index contributed by atoms with van der Waals surface area (Å²) < 4.78 is 0. The number of rotatable bonds is 5. The molecule has 1 aromatic rings. The Morgan fingerprint density at radius 2 is 2.00 bits per heavy atom. The minimum Gasteiger partial charge on any atom is -0.352 e. The van der Waals surface area contributed by atoms with Crippen LogP contribution in [0.1, 0.15) is 50.7 Å². The standard InChI is InChI=1S/C19H25N3O3/c1-3-14(4-2)20-16(23)12-22-17(24)19(21-18(22)25)11-7-9-13-8-5-6-10-15(13)19/h5-6,8,10,14H,3-4,7,9,11-12H2,1-2H3,(H,20,23)(H,21,25)/t19-/m0/s1. The zero-order chi connectivity index (χ0) is 18.0. The van der Waals surface area contributed by atoms with E-state index in [1.807, 2.05) is 38.1 Å². The third kappa shape index (κ3) is 3.01. The predicted molar refractivity (Wildman–Crippen MR) is 93.8 cm³/mol. The molecule has 0 unspecified atom stereocenters. The van der Waals surface area contributed by atoms with Gasteiger partial charge in [0.15, 0.2) is 0 Å². The summed E-state index contributed by atoms with van der Waals surface area (Å²) in [6.07, 6.45) is 3.94. The van der Waals surface area contributed by atoms with Gasteiger partial charge in [0.05, 0.1) is 0 Å². The summed E-state index contributed by atoms with van der Waals surface area (Å²) in [7, 11) is 0. The summed E-state index contributed by atoms with van der Waals surface area (Å²) >= 11 is 0. The van der Waals surface area contributed by atoms with Crippen LogP contribution in [0.3, 0.4) is 0 Å². The Kier molecular flexibility index (Phi) is 4.79. The lowest BCUT2D eigenvalue weighted by Gasteiger charge is -2.33. The van der Waals surface area contributed by atoms with E-state index < -0.39 is 11.6 Å². The molecule has 3 rings (SSSR count). The number of urea groups is 1. The lowest BCUT2D eigenvalue weighted by atomic mass is 9.76. The zero-order valence-electron chi connectivity index (χ0n) is 14.8. The van der Waals surface area contributed by atoms with Crippen LogP contribution in [0.4, 0.5) is 4.79 Å². The molecule has 1 spiro atoms. The zero-order valence-corrected chi connectivity index (χ0v) is 14.8. The number of imide groups is 1. The van der Waals surface area contributed by atoms with E-state index in [2.05, 4.69) is 10.6 Å². The van der Waals surface area contributed by atoms with Crippen LogP contribution >= 0.6 is 0 Å². The van der Waals surface area contributed by atoms with Crippen LogP contribution in [-0.2, 0) is 21.5 Å². The number of aryl methyl sites for hydroxylation is 1. The summed E-state index contributed by atoms with van der Waals surface area (Å²) in [5.41, 5.74) is 0.939. The van der Waals surface area contributed by atoms with Crippen molar-refractivity contribution in [1.82, 2.24) is 15.5 Å². The van der Waals surface area contributed by atoms with Gasteiger partial charge in [0.25, 0.3) is 5.91 Å². The van der Waals surface area contributed by atoms with Gasteiger partial charge in [-0.3, -0.25) is 14.5 Å². The van der Waals surface area contributed by atoms with Crippen LogP contribution in [0.2, 0.25) is 0 Å². The first-order chi connectivity index (χ1) is 12.0. The molecule has 1 saturated heterocycles. The Bertz CT molecular complexity index is 699. The van der Waals surface area contributed by atoms with E-state index in [1.165, 1.54) is 0 Å². The molecule has 0 aromatic heterocycles. The van der Waals surface area contributed by atoms with E-state index in [0.29, 0.717) is 6.42 Å². The number of nitrogens with zero attached hydrogens (tertiary/aromatic N) is 1. The number of hydrogen-bond donors (Lipinski definition) is 2. The van der Waals surface area contributed by atoms with Gasteiger partial charge in [0.1, 0.15) is 12.1 Å². The van der Waals surface area contributed by atoms with Crippen LogP contribution in [0.15, 0.2) is 24.3 Å². The minimum absolute atomic E-state index is 0.0673. The summed E-state index contributed by atoms with van der Waals surface area (Å²) in [4.78, 5) is 38.8. The van der Waals surface area contributed by atoms with Crippen molar-refractivity contribution in [2.24, 2.45) is 0 Å². The van der Waals surface area contributed by atoms with E-state index in [-0.39, 0.29) is 24.4 Å². The lowest BCUT2D eigenvalue weighted by molar-refractivity contribution is -0.135. The third-order valence-corrected chi connectivity index (χ3v) is 5.30. The number of nitrogens with one attached hydrogen (secondary N) is 2. The highest BCUT2D eigenvalue weighted by atomic mass is 16.2. The molecule has 2 N–H and O–H groups in total. The summed E-state index contributed by atoms with van der Waals surface area (Å²) in [5.74, 6) is -0.609. The van der Waals surface area contributed by atoms with E-state index in [0.717, 1.165) is 41.7 Å². The first-order valence-electron chi connectivity index (χ1n) is 9.03. The van der Waals surface area contributed by atoms with Gasteiger partial charge in [-0.2, -0.15) is 0 Å². The van der Waals surface area contributed by atoms with Gasteiger partial charge in [-0.05, 0) is 43.2 Å². The lowest BCUT2D eigenvalue weighted by Crippen LogP contribution is -2.47. The fourth-order valence-electron chi connectivity index (χ4n) is 3.86. The second kappa shape index (κ2) is 6.86. The fraction of sp³-hybridized carbons (Fsp3) is 0.526. The Balaban J connectivity index is 1.81. The van der Waals surface area contributed by atoms with Crippen LogP contribution in [0, 0.1) is 0 Å². The molecule has 0 saturated carbocycles. The molecule has 1 fully saturated rings. The smallest absolute Gasteiger partial charge is 0.325 e. The van der Waals surface area contributed by atoms with E-state index in [9.17, 15) is 14.4 Å². The third-order valence-electron chi connectivity index (χ3n) is 5.30. The van der Waals surface area contributed by atoms with Crippen LogP contribution in [0.25, 0.3) is 0 Å². The topological polar surface area (TPSA) is 78.5 Å². The highest BCUT2D eigenvalue weighted by Gasteiger charge is 2.54. The molecule has 25 heavy (non-hydrogen) atoms. The summed E-state index contributed by atoms with van der Waals surface area (Å²) in [5, 5.41) is 5.75. The van der Waals surface area contributed by atoms with Crippen LogP contribution in [-0.4, -0.2) is 35.3 Å². The van der Waals surface area contributed by atoms with Crippen molar-refractivity contribution in [2.45, 2.75) is 57.5 Å². The molecule has 6 nitrogen and oxygen atoms in total. The molecule has 1 aromatic carbocycles. The average molecular weight is 343 g/mol. The molecule has 1 aliphatic carbocycles. The van der Waals surface area contributed by atoms with Crippen molar-refractivity contribution < 1.29 is 14.4 Å². The molecule has 134 valence electrons. The Labute approximate surface area is 148 Å². The number of benzene rings is 1. The molecule has 1 heterocycles. The summed E-state index contributed by atoms with van der Waals surface area (Å²) in [6.45, 7) is 3.76. The Hall–Kier alpha value is -2.37. The average Bonchev–Trinajstić information content (AvgIpc) is 2.85. The SMILES string of the molecule is CCC(CC)NC(=O)CN1C(=O)N[C@]2(CCCc3ccccc32)C1=O. The van der Waals surface area contributed by atoms with Gasteiger partial charge in [0.2, 0.25) is 5.91 Å². The maximum atomic E-state index is 13.1. The number of carbonyl (C=O) groups excluding carboxylic acids is 3. The quantitative estimate of drug-likeness (QED) is 0.804. The van der Waals surface area contributed by atoms with Gasteiger partial charge < -0.3 is 10.6 Å². The largest absolute Gasteiger partial charge is 0.352 e. The molecular formula is C19H25N3O3. The van der Waals surface area contributed by atoms with Crippen LogP contribution in [0.5, 0.6) is 0 Å². The second-order valence-electron chi connectivity index (χ2n) is 6.82. The van der Waals surface area contributed by atoms with Gasteiger partial charge in [-0.15, -0.1) is 0 Å². The number of amides is 4. The van der Waals surface area contributed by atoms with Crippen molar-refractivity contribution in [3.63, 3.8) is 0 Å². The van der Waals surface area contributed by atoms with Crippen LogP contribution < -0.4 is 10.6 Å². The fourth-order valence-corrected chi connectivity index (χ4v) is 3.86. The second-order valence-corrected chi connectivity index (χ2v) is 6.82. The highest BCUT2D eigenvalue weighted by molar-refractivity contribution is 6.09. The molecule has 1 atom stereocenters. The van der Waals surface area contributed by atoms with E-state index >= 15 is 0 Å². The first-order valence-corrected chi connectivity index (χ1v) is 9.03. The van der Waals surface area contributed by atoms with E-state index in [4.69, 9.17) is 0 Å². The van der Waals surface area contributed by atoms with Gasteiger partial charge in [-0.1, -0.05) is 38.1 Å². The normalized spacial score (nSPS) is 22.3. The van der Waals surface area contributed by atoms with Crippen molar-refractivity contribution in [2.75, 3.05) is 6.54 Å². The maximum absolute atomic E-state index is 13.1. The van der Waals surface area contributed by atoms with Gasteiger partial charge in [0, 0.05) is 6.04 Å². The molecule has 2 aliphatic rings. The number of carbonyl (C=O) groups is 3. The number of fused-ring (bicyclic) bond motifs is 2. The monoisotopic (exact) mass is 343 g/mol.